The van der Waals surface area contributed by atoms with Gasteiger partial charge in [0.05, 0.1) is 0 Å². The lowest BCUT2D eigenvalue weighted by Crippen LogP contribution is -2.47. The number of carbonyl (C=O) groups excluding carboxylic acids is 1. The smallest absolute Gasteiger partial charge is 0.363 e. The quantitative estimate of drug-likeness (QED) is 0.647. The number of aliphatic hydroxyl groups is 1. The van der Waals surface area contributed by atoms with Gasteiger partial charge in [-0.15, -0.1) is 0 Å². The van der Waals surface area contributed by atoms with Crippen molar-refractivity contribution >= 4 is 29.0 Å². The van der Waals surface area contributed by atoms with Crippen LogP contribution in [0.5, 0.6) is 0 Å². The molecule has 5 heteroatoms. The van der Waals surface area contributed by atoms with E-state index in [9.17, 15) is 9.90 Å². The van der Waals surface area contributed by atoms with Crippen LogP contribution in [-0.2, 0) is 7.86 Å². The Bertz CT molecular complexity index is 144. The Kier molecular flexibility index (Phi) is 2.48. The molecule has 0 radical (unpaired) electrons. The van der Waals surface area contributed by atoms with Crippen LogP contribution < -0.4 is 5.32 Å². The first-order chi connectivity index (χ1) is 4.69. The molecule has 10 heavy (non-hydrogen) atoms. The van der Waals surface area contributed by atoms with Crippen molar-refractivity contribution in [3.63, 3.8) is 0 Å². The van der Waals surface area contributed by atoms with Crippen molar-refractivity contribution < 1.29 is 13.0 Å². The lowest BCUT2D eigenvalue weighted by atomic mass is 10.2. The number of rotatable bonds is 1. The van der Waals surface area contributed by atoms with Gasteiger partial charge in [0.25, 0.3) is 0 Å². The van der Waals surface area contributed by atoms with E-state index < -0.39 is 11.7 Å². The Morgan fingerprint density at radius 3 is 2.90 bits per heavy atom. The molecular weight excluding hydrogens is 249 g/mol. The van der Waals surface area contributed by atoms with E-state index in [2.05, 4.69) is 8.38 Å². The maximum atomic E-state index is 10.8. The van der Waals surface area contributed by atoms with Gasteiger partial charge in [0, 0.05) is 6.42 Å². The minimum atomic E-state index is -1.42. The molecule has 0 aromatic carbocycles. The van der Waals surface area contributed by atoms with Gasteiger partial charge in [-0.25, -0.2) is 4.79 Å². The van der Waals surface area contributed by atoms with Crippen LogP contribution in [0.3, 0.4) is 0 Å². The molecule has 1 aliphatic rings. The van der Waals surface area contributed by atoms with E-state index in [0.717, 1.165) is 6.42 Å². The van der Waals surface area contributed by atoms with E-state index in [1.54, 1.807) is 0 Å². The number of hydrogen-bond donors (Lipinski definition) is 2. The summed E-state index contributed by atoms with van der Waals surface area (Å²) in [7, 11) is 0. The number of carbonyl (C=O) groups is 1. The van der Waals surface area contributed by atoms with E-state index in [4.69, 9.17) is 0 Å². The summed E-state index contributed by atoms with van der Waals surface area (Å²) in [6.45, 7) is 0.669. The second-order valence-electron chi connectivity index (χ2n) is 2.26. The molecule has 0 bridgehead atoms. The molecule has 0 unspecified atom stereocenters. The first-order valence-corrected chi connectivity index (χ1v) is 3.87. The van der Waals surface area contributed by atoms with E-state index in [0.29, 0.717) is 13.0 Å². The molecule has 1 saturated heterocycles. The van der Waals surface area contributed by atoms with E-state index >= 15 is 0 Å². The molecule has 1 atom stereocenters. The highest BCUT2D eigenvalue weighted by Crippen LogP contribution is 2.18. The molecule has 1 fully saturated rings. The van der Waals surface area contributed by atoms with Crippen molar-refractivity contribution in [1.82, 2.24) is 5.32 Å². The van der Waals surface area contributed by atoms with Crippen LogP contribution in [0.25, 0.3) is 0 Å². The third kappa shape index (κ3) is 1.40. The van der Waals surface area contributed by atoms with Gasteiger partial charge in [0.15, 0.2) is 23.0 Å². The average molecular weight is 257 g/mol. The molecular formula is C5H8INO3. The molecule has 2 N–H and O–H groups in total. The van der Waals surface area contributed by atoms with Crippen molar-refractivity contribution in [3.8, 4) is 0 Å². The Morgan fingerprint density at radius 1 is 1.80 bits per heavy atom. The Balaban J connectivity index is 2.58. The van der Waals surface area contributed by atoms with Crippen LogP contribution in [0.1, 0.15) is 12.8 Å². The summed E-state index contributed by atoms with van der Waals surface area (Å²) in [5, 5.41) is 12.0. The fourth-order valence-corrected chi connectivity index (χ4v) is 1.33. The highest BCUT2D eigenvalue weighted by atomic mass is 127. The van der Waals surface area contributed by atoms with Gasteiger partial charge in [0.2, 0.25) is 5.72 Å². The summed E-state index contributed by atoms with van der Waals surface area (Å²) >= 11 is 1.46. The largest absolute Gasteiger partial charge is 0.391 e. The lowest BCUT2D eigenvalue weighted by molar-refractivity contribution is -0.153. The van der Waals surface area contributed by atoms with Crippen LogP contribution in [0, 0.1) is 0 Å². The first-order valence-electron chi connectivity index (χ1n) is 2.99. The van der Waals surface area contributed by atoms with Crippen LogP contribution in [0.4, 0.5) is 0 Å². The highest BCUT2D eigenvalue weighted by molar-refractivity contribution is 14.1. The molecule has 0 aliphatic carbocycles. The van der Waals surface area contributed by atoms with E-state index in [1.165, 1.54) is 23.0 Å². The number of halogens is 1. The Hall–Kier alpha value is 0.120. The first kappa shape index (κ1) is 8.22. The maximum Gasteiger partial charge on any atom is 0.363 e. The van der Waals surface area contributed by atoms with Crippen molar-refractivity contribution in [2.75, 3.05) is 6.54 Å². The summed E-state index contributed by atoms with van der Waals surface area (Å²) in [4.78, 5) is 10.8. The Labute approximate surface area is 72.6 Å². The molecule has 58 valence electrons. The molecule has 4 nitrogen and oxygen atoms in total. The summed E-state index contributed by atoms with van der Waals surface area (Å²) in [5.41, 5.74) is -1.42. The minimum absolute atomic E-state index is 0.439. The number of nitrogens with one attached hydrogen (secondary N) is 1. The van der Waals surface area contributed by atoms with Crippen molar-refractivity contribution in [1.29, 1.82) is 0 Å². The maximum absolute atomic E-state index is 10.8. The average Bonchev–Trinajstić information content (AvgIpc) is 2.36. The molecule has 1 aliphatic heterocycles. The van der Waals surface area contributed by atoms with Gasteiger partial charge in [-0.3, -0.25) is 5.32 Å². The molecule has 1 heterocycles. The SMILES string of the molecule is O=C(OI)[C@]1(O)CCCN1. The third-order valence-electron chi connectivity index (χ3n) is 1.54. The van der Waals surface area contributed by atoms with Crippen molar-refractivity contribution in [3.05, 3.63) is 0 Å². The second kappa shape index (κ2) is 3.02. The lowest BCUT2D eigenvalue weighted by Gasteiger charge is -2.17. The van der Waals surface area contributed by atoms with Gasteiger partial charge < -0.3 is 8.17 Å². The summed E-state index contributed by atoms with van der Waals surface area (Å²) < 4.78 is 4.36. The standard InChI is InChI=1S/C5H8INO3/c6-10-4(8)5(9)2-1-3-7-5/h7,9H,1-3H2/t5-/m1/s1. The predicted octanol–water partition coefficient (Wildman–Crippen LogP) is -0.0484. The fraction of sp³-hybridized carbons (Fsp3) is 0.800. The van der Waals surface area contributed by atoms with E-state index in [-0.39, 0.29) is 0 Å². The molecule has 0 aromatic heterocycles. The van der Waals surface area contributed by atoms with Crippen molar-refractivity contribution in [2.24, 2.45) is 0 Å². The summed E-state index contributed by atoms with van der Waals surface area (Å²) in [6, 6.07) is 0. The van der Waals surface area contributed by atoms with Crippen LogP contribution in [0.2, 0.25) is 0 Å². The third-order valence-corrected chi connectivity index (χ3v) is 1.94. The van der Waals surface area contributed by atoms with Crippen LogP contribution in [0.15, 0.2) is 0 Å². The Morgan fingerprint density at radius 2 is 2.50 bits per heavy atom. The molecule has 0 aromatic rings. The van der Waals surface area contributed by atoms with Gasteiger partial charge in [-0.05, 0) is 13.0 Å². The van der Waals surface area contributed by atoms with Crippen molar-refractivity contribution in [2.45, 2.75) is 18.6 Å². The zero-order valence-electron chi connectivity index (χ0n) is 5.26. The predicted molar refractivity (Wildman–Crippen MR) is 42.3 cm³/mol. The van der Waals surface area contributed by atoms with Gasteiger partial charge >= 0.3 is 5.97 Å². The van der Waals surface area contributed by atoms with Crippen LogP contribution in [-0.4, -0.2) is 23.3 Å². The van der Waals surface area contributed by atoms with Gasteiger partial charge in [-0.2, -0.15) is 0 Å². The highest BCUT2D eigenvalue weighted by Gasteiger charge is 2.40. The molecule has 1 rings (SSSR count). The summed E-state index contributed by atoms with van der Waals surface area (Å²) in [6.07, 6.45) is 1.25. The van der Waals surface area contributed by atoms with Gasteiger partial charge in [0.1, 0.15) is 0 Å². The van der Waals surface area contributed by atoms with Gasteiger partial charge in [-0.1, -0.05) is 0 Å². The topological polar surface area (TPSA) is 58.6 Å². The fourth-order valence-electron chi connectivity index (χ4n) is 0.966. The molecule has 0 amide bonds. The molecule has 0 saturated carbocycles. The monoisotopic (exact) mass is 257 g/mol. The van der Waals surface area contributed by atoms with E-state index in [1.807, 2.05) is 0 Å². The second-order valence-corrected chi connectivity index (χ2v) is 2.70. The normalized spacial score (nSPS) is 32.2. The molecule has 0 spiro atoms. The zero-order valence-corrected chi connectivity index (χ0v) is 7.42. The van der Waals surface area contributed by atoms with Crippen LogP contribution >= 0.6 is 23.0 Å². The zero-order chi connectivity index (χ0) is 7.61. The minimum Gasteiger partial charge on any atom is -0.391 e. The number of hydrogen-bond acceptors (Lipinski definition) is 4. The summed E-state index contributed by atoms with van der Waals surface area (Å²) in [5.74, 6) is -0.606.